The summed E-state index contributed by atoms with van der Waals surface area (Å²) in [6.07, 6.45) is 10.8. The number of carboxylic acid groups (broad SMARTS) is 1. The number of methoxy groups -OCH3 is 2. The zero-order chi connectivity index (χ0) is 23.7. The Labute approximate surface area is 194 Å². The smallest absolute Gasteiger partial charge is 0.303 e. The van der Waals surface area contributed by atoms with Crippen molar-refractivity contribution < 1.29 is 28.5 Å². The van der Waals surface area contributed by atoms with Gasteiger partial charge >= 0.3 is 5.97 Å². The van der Waals surface area contributed by atoms with Gasteiger partial charge in [0.15, 0.2) is 0 Å². The van der Waals surface area contributed by atoms with Gasteiger partial charge in [-0.2, -0.15) is 0 Å². The minimum absolute atomic E-state index is 0.0710. The number of halogens is 1. The largest absolute Gasteiger partial charge is 0.481 e. The van der Waals surface area contributed by atoms with E-state index in [-0.39, 0.29) is 6.42 Å². The molecule has 2 aliphatic carbocycles. The van der Waals surface area contributed by atoms with Crippen molar-refractivity contribution in [3.63, 3.8) is 0 Å². The van der Waals surface area contributed by atoms with Crippen molar-refractivity contribution in [2.24, 2.45) is 5.92 Å². The Bertz CT molecular complexity index is 911. The molecule has 33 heavy (non-hydrogen) atoms. The first-order chi connectivity index (χ1) is 16.0. The van der Waals surface area contributed by atoms with E-state index in [1.807, 2.05) is 0 Å². The molecule has 2 aromatic rings. The lowest BCUT2D eigenvalue weighted by Gasteiger charge is -2.39. The van der Waals surface area contributed by atoms with Gasteiger partial charge in [-0.05, 0) is 49.7 Å². The zero-order valence-corrected chi connectivity index (χ0v) is 19.4. The third kappa shape index (κ3) is 7.39. The predicted octanol–water partition coefficient (Wildman–Crippen LogP) is 4.92. The molecule has 1 N–H and O–H groups in total. The van der Waals surface area contributed by atoms with E-state index < -0.39 is 17.4 Å². The number of rotatable bonds is 9. The Kier molecular flexibility index (Phi) is 9.00. The summed E-state index contributed by atoms with van der Waals surface area (Å²) in [5, 5.41) is 8.82. The molecule has 0 spiro atoms. The number of aromatic nitrogens is 2. The SMILES string of the molecule is C1CC1.COc1cc(C2(OC)CCC(COc3cc(CCC(=O)O)ccn3)CC2)c(F)cn1. The van der Waals surface area contributed by atoms with Crippen molar-refractivity contribution in [3.05, 3.63) is 47.5 Å². The van der Waals surface area contributed by atoms with Crippen molar-refractivity contribution in [1.82, 2.24) is 9.97 Å². The van der Waals surface area contributed by atoms with Gasteiger partial charge in [-0.15, -0.1) is 0 Å². The number of carboxylic acids is 1. The van der Waals surface area contributed by atoms with Gasteiger partial charge in [-0.3, -0.25) is 4.79 Å². The number of pyridine rings is 2. The molecule has 0 radical (unpaired) electrons. The van der Waals surface area contributed by atoms with E-state index in [0.717, 1.165) is 18.4 Å². The molecule has 2 fully saturated rings. The van der Waals surface area contributed by atoms with E-state index in [0.29, 0.717) is 49.1 Å². The summed E-state index contributed by atoms with van der Waals surface area (Å²) in [5.41, 5.74) is 0.654. The summed E-state index contributed by atoms with van der Waals surface area (Å²) in [6, 6.07) is 5.19. The van der Waals surface area contributed by atoms with Crippen LogP contribution < -0.4 is 9.47 Å². The fourth-order valence-electron chi connectivity index (χ4n) is 3.91. The van der Waals surface area contributed by atoms with Crippen LogP contribution in [0, 0.1) is 11.7 Å². The number of hydrogen-bond acceptors (Lipinski definition) is 6. The zero-order valence-electron chi connectivity index (χ0n) is 19.4. The Morgan fingerprint density at radius 1 is 1.15 bits per heavy atom. The fourth-order valence-corrected chi connectivity index (χ4v) is 3.91. The van der Waals surface area contributed by atoms with Crippen LogP contribution in [0.25, 0.3) is 0 Å². The molecule has 0 aliphatic heterocycles. The Hall–Kier alpha value is -2.74. The molecule has 8 heteroatoms. The van der Waals surface area contributed by atoms with Gasteiger partial charge < -0.3 is 19.3 Å². The summed E-state index contributed by atoms with van der Waals surface area (Å²) in [5.74, 6) is -0.0749. The van der Waals surface area contributed by atoms with Crippen LogP contribution in [0.1, 0.15) is 62.5 Å². The highest BCUT2D eigenvalue weighted by Crippen LogP contribution is 2.43. The van der Waals surface area contributed by atoms with Crippen LogP contribution in [0.4, 0.5) is 4.39 Å². The Morgan fingerprint density at radius 3 is 2.48 bits per heavy atom. The van der Waals surface area contributed by atoms with E-state index in [4.69, 9.17) is 19.3 Å². The summed E-state index contributed by atoms with van der Waals surface area (Å²) < 4.78 is 31.3. The third-order valence-electron chi connectivity index (χ3n) is 6.08. The minimum Gasteiger partial charge on any atom is -0.481 e. The molecule has 0 bridgehead atoms. The molecule has 180 valence electrons. The monoisotopic (exact) mass is 460 g/mol. The molecular formula is C25H33FN2O5. The van der Waals surface area contributed by atoms with Crippen molar-refractivity contribution in [2.75, 3.05) is 20.8 Å². The van der Waals surface area contributed by atoms with Crippen molar-refractivity contribution in [3.8, 4) is 11.8 Å². The van der Waals surface area contributed by atoms with Crippen molar-refractivity contribution in [2.45, 2.75) is 63.4 Å². The Balaban J connectivity index is 0.000000942. The molecule has 0 atom stereocenters. The van der Waals surface area contributed by atoms with Gasteiger partial charge in [-0.25, -0.2) is 14.4 Å². The van der Waals surface area contributed by atoms with Gasteiger partial charge in [0.05, 0.1) is 25.5 Å². The highest BCUT2D eigenvalue weighted by Gasteiger charge is 2.39. The molecule has 7 nitrogen and oxygen atoms in total. The molecule has 2 aromatic heterocycles. The van der Waals surface area contributed by atoms with Crippen LogP contribution in [-0.4, -0.2) is 41.9 Å². The Morgan fingerprint density at radius 2 is 1.88 bits per heavy atom. The van der Waals surface area contributed by atoms with Gasteiger partial charge in [-0.1, -0.05) is 19.3 Å². The highest BCUT2D eigenvalue weighted by molar-refractivity contribution is 5.67. The summed E-state index contributed by atoms with van der Waals surface area (Å²) in [4.78, 5) is 18.9. The number of hydrogen-bond donors (Lipinski definition) is 1. The molecule has 0 saturated heterocycles. The molecule has 2 aliphatic rings. The molecule has 4 rings (SSSR count). The summed E-state index contributed by atoms with van der Waals surface area (Å²) in [7, 11) is 3.11. The summed E-state index contributed by atoms with van der Waals surface area (Å²) >= 11 is 0. The predicted molar refractivity (Wildman–Crippen MR) is 121 cm³/mol. The number of aliphatic carboxylic acids is 1. The first kappa shape index (κ1) is 24.9. The first-order valence-corrected chi connectivity index (χ1v) is 11.5. The van der Waals surface area contributed by atoms with Crippen LogP contribution in [0.5, 0.6) is 11.8 Å². The second-order valence-corrected chi connectivity index (χ2v) is 8.62. The van der Waals surface area contributed by atoms with Crippen LogP contribution in [0.15, 0.2) is 30.6 Å². The van der Waals surface area contributed by atoms with Crippen LogP contribution in [-0.2, 0) is 21.6 Å². The lowest BCUT2D eigenvalue weighted by atomic mass is 9.75. The van der Waals surface area contributed by atoms with Crippen LogP contribution >= 0.6 is 0 Å². The maximum Gasteiger partial charge on any atom is 0.303 e. The quantitative estimate of drug-likeness (QED) is 0.568. The van der Waals surface area contributed by atoms with Gasteiger partial charge in [0, 0.05) is 37.4 Å². The van der Waals surface area contributed by atoms with Crippen molar-refractivity contribution in [1.29, 1.82) is 0 Å². The number of aryl methyl sites for hydroxylation is 1. The third-order valence-corrected chi connectivity index (χ3v) is 6.08. The summed E-state index contributed by atoms with van der Waals surface area (Å²) in [6.45, 7) is 0.497. The van der Waals surface area contributed by atoms with E-state index in [9.17, 15) is 9.18 Å². The first-order valence-electron chi connectivity index (χ1n) is 11.5. The number of carbonyl (C=O) groups is 1. The van der Waals surface area contributed by atoms with Gasteiger partial charge in [0.2, 0.25) is 11.8 Å². The lowest BCUT2D eigenvalue weighted by Crippen LogP contribution is -2.36. The molecule has 2 saturated carbocycles. The second kappa shape index (κ2) is 11.9. The number of ether oxygens (including phenoxy) is 3. The number of nitrogens with zero attached hydrogens (tertiary/aromatic N) is 2. The van der Waals surface area contributed by atoms with E-state index in [1.165, 1.54) is 32.6 Å². The topological polar surface area (TPSA) is 90.8 Å². The fraction of sp³-hybridized carbons (Fsp3) is 0.560. The average Bonchev–Trinajstić information content (AvgIpc) is 3.72. The average molecular weight is 461 g/mol. The molecule has 2 heterocycles. The molecule has 0 aromatic carbocycles. The van der Waals surface area contributed by atoms with Crippen LogP contribution in [0.2, 0.25) is 0 Å². The minimum atomic E-state index is -0.832. The van der Waals surface area contributed by atoms with Gasteiger partial charge in [0.25, 0.3) is 0 Å². The highest BCUT2D eigenvalue weighted by atomic mass is 19.1. The normalized spacial score (nSPS) is 21.5. The molecule has 0 unspecified atom stereocenters. The standard InChI is InChI=1S/C22H27FN2O5.C3H6/c1-28-19-12-17(18(23)13-25-19)22(29-2)8-5-16(6-9-22)14-30-20-11-15(7-10-24-20)3-4-21(26)27;1-2-3-1/h7,10-13,16H,3-6,8-9,14H2,1-2H3,(H,26,27);1-3H2. The lowest BCUT2D eigenvalue weighted by molar-refractivity contribution is -0.136. The van der Waals surface area contributed by atoms with Crippen molar-refractivity contribution >= 4 is 5.97 Å². The van der Waals surface area contributed by atoms with Crippen LogP contribution in [0.3, 0.4) is 0 Å². The second-order valence-electron chi connectivity index (χ2n) is 8.62. The molecule has 0 amide bonds. The van der Waals surface area contributed by atoms with E-state index >= 15 is 0 Å². The van der Waals surface area contributed by atoms with Gasteiger partial charge in [0.1, 0.15) is 5.82 Å². The maximum atomic E-state index is 14.5. The maximum absolute atomic E-state index is 14.5. The van der Waals surface area contributed by atoms with E-state index in [1.54, 1.807) is 31.5 Å². The molecular weight excluding hydrogens is 427 g/mol. The van der Waals surface area contributed by atoms with E-state index in [2.05, 4.69) is 9.97 Å².